The molecule has 0 aliphatic heterocycles. The number of nitrogens with zero attached hydrogens (tertiary/aromatic N) is 4. The summed E-state index contributed by atoms with van der Waals surface area (Å²) in [5.41, 5.74) is 2.46. The van der Waals surface area contributed by atoms with E-state index in [4.69, 9.17) is 25.6 Å². The highest BCUT2D eigenvalue weighted by Crippen LogP contribution is 2.31. The minimum Gasteiger partial charge on any atom is -0.493 e. The fourth-order valence-corrected chi connectivity index (χ4v) is 3.58. The molecule has 4 rings (SSSR count). The lowest BCUT2D eigenvalue weighted by Crippen LogP contribution is -1.91. The van der Waals surface area contributed by atoms with E-state index in [9.17, 15) is 0 Å². The second-order valence-electron chi connectivity index (χ2n) is 6.14. The van der Waals surface area contributed by atoms with Crippen LogP contribution in [0, 0.1) is 0 Å². The van der Waals surface area contributed by atoms with E-state index in [0.29, 0.717) is 34.0 Å². The maximum Gasteiger partial charge on any atom is 0.237 e. The number of hydrogen-bond donors (Lipinski definition) is 0. The fraction of sp³-hybridized carbons (Fsp3) is 0.143. The first-order chi connectivity index (χ1) is 14.7. The van der Waals surface area contributed by atoms with E-state index in [-0.39, 0.29) is 0 Å². The quantitative estimate of drug-likeness (QED) is 0.364. The van der Waals surface area contributed by atoms with Gasteiger partial charge in [-0.3, -0.25) is 0 Å². The van der Waals surface area contributed by atoms with Crippen molar-refractivity contribution in [3.8, 4) is 34.1 Å². The van der Waals surface area contributed by atoms with Gasteiger partial charge in [0.2, 0.25) is 11.7 Å². The van der Waals surface area contributed by atoms with Crippen molar-refractivity contribution in [2.45, 2.75) is 10.8 Å². The summed E-state index contributed by atoms with van der Waals surface area (Å²) in [7, 11) is 3.17. The van der Waals surface area contributed by atoms with Crippen LogP contribution in [0.5, 0.6) is 11.5 Å². The van der Waals surface area contributed by atoms with Gasteiger partial charge >= 0.3 is 0 Å². The molecule has 9 heteroatoms. The van der Waals surface area contributed by atoms with E-state index in [0.717, 1.165) is 21.8 Å². The zero-order chi connectivity index (χ0) is 20.9. The molecule has 152 valence electrons. The summed E-state index contributed by atoms with van der Waals surface area (Å²) in [6.07, 6.45) is 0. The molecule has 0 atom stereocenters. The lowest BCUT2D eigenvalue weighted by molar-refractivity contribution is 0.355. The molecule has 7 nitrogen and oxygen atoms in total. The Morgan fingerprint density at radius 2 is 1.80 bits per heavy atom. The molecule has 0 spiro atoms. The van der Waals surface area contributed by atoms with Crippen molar-refractivity contribution in [3.63, 3.8) is 0 Å². The van der Waals surface area contributed by atoms with Gasteiger partial charge < -0.3 is 14.0 Å². The Labute approximate surface area is 182 Å². The number of hydrogen-bond acceptors (Lipinski definition) is 8. The average Bonchev–Trinajstić information content (AvgIpc) is 3.26. The number of halogens is 1. The van der Waals surface area contributed by atoms with Crippen LogP contribution in [0.1, 0.15) is 5.89 Å². The number of benzene rings is 2. The maximum atomic E-state index is 6.03. The molecule has 0 unspecified atom stereocenters. The zero-order valence-corrected chi connectivity index (χ0v) is 17.8. The van der Waals surface area contributed by atoms with Gasteiger partial charge in [0.25, 0.3) is 0 Å². The van der Waals surface area contributed by atoms with Crippen LogP contribution in [0.2, 0.25) is 5.02 Å². The van der Waals surface area contributed by atoms with Gasteiger partial charge in [0.1, 0.15) is 5.03 Å². The molecule has 30 heavy (non-hydrogen) atoms. The first-order valence-corrected chi connectivity index (χ1v) is 10.3. The van der Waals surface area contributed by atoms with Crippen LogP contribution in [0.3, 0.4) is 0 Å². The summed E-state index contributed by atoms with van der Waals surface area (Å²) in [6, 6.07) is 16.8. The molecule has 0 radical (unpaired) electrons. The first kappa shape index (κ1) is 20.2. The van der Waals surface area contributed by atoms with Crippen LogP contribution in [-0.2, 0) is 5.75 Å². The standard InChI is InChI=1S/C21H17ClN4O3S/c1-27-17-8-6-14(11-18(17)28-2)21-23-19(29-26-21)12-30-20-9-7-16(24-25-20)13-4-3-5-15(22)10-13/h3-11H,12H2,1-2H3. The van der Waals surface area contributed by atoms with E-state index in [1.165, 1.54) is 11.8 Å². The van der Waals surface area contributed by atoms with Crippen molar-refractivity contribution in [1.82, 2.24) is 20.3 Å². The van der Waals surface area contributed by atoms with Crippen LogP contribution < -0.4 is 9.47 Å². The molecule has 2 aromatic carbocycles. The topological polar surface area (TPSA) is 83.2 Å². The van der Waals surface area contributed by atoms with Crippen molar-refractivity contribution in [2.75, 3.05) is 14.2 Å². The predicted molar refractivity (Wildman–Crippen MR) is 115 cm³/mol. The molecule has 0 aliphatic rings. The third-order valence-corrected chi connectivity index (χ3v) is 5.35. The van der Waals surface area contributed by atoms with Crippen molar-refractivity contribution < 1.29 is 14.0 Å². The van der Waals surface area contributed by atoms with Crippen LogP contribution in [0.25, 0.3) is 22.6 Å². The minimum absolute atomic E-state index is 0.478. The van der Waals surface area contributed by atoms with Crippen molar-refractivity contribution in [2.24, 2.45) is 0 Å². The monoisotopic (exact) mass is 440 g/mol. The second-order valence-corrected chi connectivity index (χ2v) is 7.57. The van der Waals surface area contributed by atoms with Crippen LogP contribution >= 0.6 is 23.4 Å². The number of aromatic nitrogens is 4. The predicted octanol–water partition coefficient (Wildman–Crippen LogP) is 5.16. The Kier molecular flexibility index (Phi) is 6.15. The summed E-state index contributed by atoms with van der Waals surface area (Å²) < 4.78 is 15.9. The molecule has 0 fully saturated rings. The lowest BCUT2D eigenvalue weighted by Gasteiger charge is -2.07. The molecule has 0 saturated heterocycles. The van der Waals surface area contributed by atoms with Crippen molar-refractivity contribution in [1.29, 1.82) is 0 Å². The first-order valence-electron chi connectivity index (χ1n) is 8.93. The molecular weight excluding hydrogens is 424 g/mol. The average molecular weight is 441 g/mol. The molecule has 2 heterocycles. The third-order valence-electron chi connectivity index (χ3n) is 4.21. The van der Waals surface area contributed by atoms with Gasteiger partial charge in [-0.05, 0) is 42.5 Å². The highest BCUT2D eigenvalue weighted by Gasteiger charge is 2.13. The number of ether oxygens (including phenoxy) is 2. The van der Waals surface area contributed by atoms with Gasteiger partial charge in [0, 0.05) is 16.1 Å². The minimum atomic E-state index is 0.478. The smallest absolute Gasteiger partial charge is 0.237 e. The molecule has 4 aromatic rings. The van der Waals surface area contributed by atoms with E-state index in [1.54, 1.807) is 26.4 Å². The Balaban J connectivity index is 1.42. The second kappa shape index (κ2) is 9.15. The summed E-state index contributed by atoms with van der Waals surface area (Å²) in [4.78, 5) is 4.44. The van der Waals surface area contributed by atoms with E-state index < -0.39 is 0 Å². The summed E-state index contributed by atoms with van der Waals surface area (Å²) in [6.45, 7) is 0. The normalized spacial score (nSPS) is 10.8. The van der Waals surface area contributed by atoms with E-state index >= 15 is 0 Å². The van der Waals surface area contributed by atoms with Crippen LogP contribution in [0.15, 0.2) is 64.1 Å². The molecule has 2 aromatic heterocycles. The Morgan fingerprint density at radius 1 is 0.933 bits per heavy atom. The highest BCUT2D eigenvalue weighted by atomic mass is 35.5. The molecule has 0 bridgehead atoms. The molecule has 0 N–H and O–H groups in total. The SMILES string of the molecule is COc1ccc(-c2noc(CSc3ccc(-c4cccc(Cl)c4)nn3)n2)cc1OC. The molecule has 0 saturated carbocycles. The maximum absolute atomic E-state index is 6.03. The van der Waals surface area contributed by atoms with Gasteiger partial charge in [0.05, 0.1) is 25.7 Å². The van der Waals surface area contributed by atoms with Crippen molar-refractivity contribution >= 4 is 23.4 Å². The van der Waals surface area contributed by atoms with Gasteiger partial charge in [-0.2, -0.15) is 4.98 Å². The number of methoxy groups -OCH3 is 2. The van der Waals surface area contributed by atoms with Gasteiger partial charge in [-0.25, -0.2) is 0 Å². The van der Waals surface area contributed by atoms with Gasteiger partial charge in [-0.1, -0.05) is 40.7 Å². The third kappa shape index (κ3) is 4.55. The highest BCUT2D eigenvalue weighted by molar-refractivity contribution is 7.98. The molecule has 0 amide bonds. The molecular formula is C21H17ClN4O3S. The van der Waals surface area contributed by atoms with Gasteiger partial charge in [0.15, 0.2) is 11.5 Å². The largest absolute Gasteiger partial charge is 0.493 e. The van der Waals surface area contributed by atoms with Gasteiger partial charge in [-0.15, -0.1) is 10.2 Å². The summed E-state index contributed by atoms with van der Waals surface area (Å²) in [5.74, 6) is 2.69. The Bertz CT molecular complexity index is 1150. The van der Waals surface area contributed by atoms with Crippen LogP contribution in [0.4, 0.5) is 0 Å². The molecule has 0 aliphatic carbocycles. The fourth-order valence-electron chi connectivity index (χ4n) is 2.74. The van der Waals surface area contributed by atoms with Crippen LogP contribution in [-0.4, -0.2) is 34.6 Å². The summed E-state index contributed by atoms with van der Waals surface area (Å²) in [5, 5.41) is 14.0. The summed E-state index contributed by atoms with van der Waals surface area (Å²) >= 11 is 7.50. The lowest BCUT2D eigenvalue weighted by atomic mass is 10.1. The number of thioether (sulfide) groups is 1. The van der Waals surface area contributed by atoms with E-state index in [1.807, 2.05) is 42.5 Å². The van der Waals surface area contributed by atoms with E-state index in [2.05, 4.69) is 20.3 Å². The Morgan fingerprint density at radius 3 is 2.53 bits per heavy atom. The Hall–Kier alpha value is -3.10. The number of rotatable bonds is 7. The zero-order valence-electron chi connectivity index (χ0n) is 16.2. The van der Waals surface area contributed by atoms with Crippen molar-refractivity contribution in [3.05, 3.63) is 65.5 Å².